The van der Waals surface area contributed by atoms with Crippen LogP contribution in [0.3, 0.4) is 0 Å². The molecule has 214 valence electrons. The quantitative estimate of drug-likeness (QED) is 0.169. The van der Waals surface area contributed by atoms with Crippen molar-refractivity contribution in [3.8, 4) is 11.5 Å². The average molecular weight is 608 g/mol. The number of nitrogens with zero attached hydrogens (tertiary/aromatic N) is 1. The summed E-state index contributed by atoms with van der Waals surface area (Å²) in [6, 6.07) is 3.78. The summed E-state index contributed by atoms with van der Waals surface area (Å²) in [5.74, 6) is 0.138. The van der Waals surface area contributed by atoms with E-state index in [0.717, 1.165) is 25.0 Å². The highest BCUT2D eigenvalue weighted by Gasteiger charge is 2.26. The molecule has 1 fully saturated rings. The number of hydrogen-bond donors (Lipinski definition) is 2. The maximum Gasteiger partial charge on any atom is 0.387 e. The number of anilines is 1. The molecule has 0 aliphatic carbocycles. The van der Waals surface area contributed by atoms with Gasteiger partial charge in [-0.2, -0.15) is 8.78 Å². The smallest absolute Gasteiger partial charge is 0.387 e. The fraction of sp³-hybridized carbons (Fsp3) is 0.440. The predicted molar refractivity (Wildman–Crippen MR) is 146 cm³/mol. The number of nitrogens with one attached hydrogen (secondary N) is 2. The molecular formula is C25H29Cl2F2N3O6S. The normalized spacial score (nSPS) is 14.3. The number of thioether (sulfide) groups is 1. The van der Waals surface area contributed by atoms with Gasteiger partial charge in [0.25, 0.3) is 5.91 Å². The highest BCUT2D eigenvalue weighted by molar-refractivity contribution is 8.00. The topological polar surface area (TPSA) is 116 Å². The third-order valence-electron chi connectivity index (χ3n) is 5.05. The number of aldehydes is 1. The van der Waals surface area contributed by atoms with Gasteiger partial charge in [0.2, 0.25) is 0 Å². The van der Waals surface area contributed by atoms with E-state index in [1.165, 1.54) is 30.6 Å². The largest absolute Gasteiger partial charge is 0.490 e. The monoisotopic (exact) mass is 607 g/mol. The predicted octanol–water partition coefficient (Wildman–Crippen LogP) is 5.24. The number of cyclic esters (lactones) is 1. The molecule has 1 aromatic carbocycles. The minimum absolute atomic E-state index is 0.0222. The van der Waals surface area contributed by atoms with Crippen molar-refractivity contribution in [1.29, 1.82) is 0 Å². The number of carbonyl (C=O) groups is 3. The Morgan fingerprint density at radius 2 is 2.00 bits per heavy atom. The molecule has 1 aliphatic rings. The molecule has 2 aromatic rings. The van der Waals surface area contributed by atoms with E-state index in [1.807, 2.05) is 7.05 Å². The van der Waals surface area contributed by atoms with E-state index < -0.39 is 12.5 Å². The number of rotatable bonds is 14. The molecule has 1 aromatic heterocycles. The Balaban J connectivity index is 0.000000404. The molecule has 2 N–H and O–H groups in total. The summed E-state index contributed by atoms with van der Waals surface area (Å²) < 4.78 is 39.9. The Morgan fingerprint density at radius 1 is 1.26 bits per heavy atom. The van der Waals surface area contributed by atoms with Crippen LogP contribution in [0.5, 0.6) is 11.5 Å². The fourth-order valence-electron chi connectivity index (χ4n) is 3.12. The molecule has 1 amide bonds. The number of halogens is 4. The first kappa shape index (κ1) is 32.5. The fourth-order valence-corrected chi connectivity index (χ4v) is 4.65. The number of hydrogen-bond acceptors (Lipinski definition) is 9. The average Bonchev–Trinajstić information content (AvgIpc) is 3.31. The molecule has 1 atom stereocenters. The van der Waals surface area contributed by atoms with Gasteiger partial charge in [0.1, 0.15) is 11.5 Å². The number of esters is 1. The van der Waals surface area contributed by atoms with Gasteiger partial charge in [-0.05, 0) is 38.1 Å². The summed E-state index contributed by atoms with van der Waals surface area (Å²) in [4.78, 5) is 37.5. The molecule has 1 unspecified atom stereocenters. The highest BCUT2D eigenvalue weighted by Crippen LogP contribution is 2.32. The maximum absolute atomic E-state index is 12.6. The lowest BCUT2D eigenvalue weighted by molar-refractivity contribution is -0.137. The van der Waals surface area contributed by atoms with Crippen molar-refractivity contribution in [2.75, 3.05) is 37.9 Å². The molecule has 14 heteroatoms. The van der Waals surface area contributed by atoms with Crippen molar-refractivity contribution in [2.24, 2.45) is 0 Å². The van der Waals surface area contributed by atoms with Gasteiger partial charge in [0.15, 0.2) is 11.5 Å². The molecule has 0 radical (unpaired) electrons. The van der Waals surface area contributed by atoms with Crippen molar-refractivity contribution >= 4 is 58.8 Å². The molecule has 1 saturated heterocycles. The molecule has 2 heterocycles. The summed E-state index contributed by atoms with van der Waals surface area (Å²) in [6.07, 6.45) is 5.80. The van der Waals surface area contributed by atoms with E-state index in [4.69, 9.17) is 32.7 Å². The molecule has 9 nitrogen and oxygen atoms in total. The van der Waals surface area contributed by atoms with Gasteiger partial charge >= 0.3 is 12.6 Å². The molecule has 1 aliphatic heterocycles. The molecule has 39 heavy (non-hydrogen) atoms. The lowest BCUT2D eigenvalue weighted by Gasteiger charge is -2.14. The number of carbonyl (C=O) groups excluding carboxylic acids is 3. The van der Waals surface area contributed by atoms with Crippen molar-refractivity contribution < 1.29 is 37.4 Å². The van der Waals surface area contributed by atoms with E-state index in [-0.39, 0.29) is 50.6 Å². The van der Waals surface area contributed by atoms with Crippen LogP contribution in [0.1, 0.15) is 36.0 Å². The van der Waals surface area contributed by atoms with E-state index in [2.05, 4.69) is 20.4 Å². The first-order valence-electron chi connectivity index (χ1n) is 11.9. The number of benzene rings is 1. The number of pyridine rings is 1. The van der Waals surface area contributed by atoms with Crippen LogP contribution >= 0.6 is 35.0 Å². The van der Waals surface area contributed by atoms with Crippen LogP contribution in [0, 0.1) is 0 Å². The molecule has 0 spiro atoms. The standard InChI is InChI=1S/C18H16Cl2F2N2O4.C7H13NO2S/c19-12-9-23-10-13(20)16(12)24-17(26)11-4-5-14(28-18(21)22)15(8-11)27-7-3-1-2-6-25;1-8-3-5-11-6-2-4-10-7(6)9/h4-6,8-10,18H,1-3,7H2,(H,23,24,26);6,8H,2-5H2,1H3. The second-order valence-electron chi connectivity index (χ2n) is 7.90. The summed E-state index contributed by atoms with van der Waals surface area (Å²) in [5.41, 5.74) is 0.293. The van der Waals surface area contributed by atoms with Gasteiger partial charge in [0, 0.05) is 43.1 Å². The lowest BCUT2D eigenvalue weighted by atomic mass is 10.2. The zero-order chi connectivity index (χ0) is 28.6. The molecule has 0 saturated carbocycles. The van der Waals surface area contributed by atoms with E-state index in [9.17, 15) is 23.2 Å². The highest BCUT2D eigenvalue weighted by atomic mass is 35.5. The third-order valence-corrected chi connectivity index (χ3v) is 6.89. The van der Waals surface area contributed by atoms with E-state index in [0.29, 0.717) is 25.9 Å². The van der Waals surface area contributed by atoms with Crippen molar-refractivity contribution in [1.82, 2.24) is 10.3 Å². The maximum atomic E-state index is 12.6. The first-order chi connectivity index (χ1) is 18.8. The van der Waals surface area contributed by atoms with E-state index >= 15 is 0 Å². The summed E-state index contributed by atoms with van der Waals surface area (Å²) in [6.45, 7) is -1.32. The van der Waals surface area contributed by atoms with Gasteiger partial charge in [0.05, 0.1) is 28.9 Å². The Morgan fingerprint density at radius 3 is 2.62 bits per heavy atom. The number of aromatic nitrogens is 1. The van der Waals surface area contributed by atoms with Gasteiger partial charge in [-0.25, -0.2) is 0 Å². The second-order valence-corrected chi connectivity index (χ2v) is 10.0. The number of alkyl halides is 2. The summed E-state index contributed by atoms with van der Waals surface area (Å²) in [7, 11) is 1.91. The molecule has 0 bridgehead atoms. The second kappa shape index (κ2) is 17.8. The minimum Gasteiger partial charge on any atom is -0.490 e. The third kappa shape index (κ3) is 11.5. The number of amides is 1. The zero-order valence-corrected chi connectivity index (χ0v) is 23.4. The Kier molecular flexibility index (Phi) is 14.9. The Hall–Kier alpha value is -2.67. The summed E-state index contributed by atoms with van der Waals surface area (Å²) >= 11 is 13.6. The SMILES string of the molecule is CNCCSC1CCOC1=O.O=CCCCCOc1cc(C(=O)Nc2c(Cl)cncc2Cl)ccc1OC(F)F. The number of unbranched alkanes of at least 4 members (excludes halogenated alkanes) is 2. The zero-order valence-electron chi connectivity index (χ0n) is 21.1. The van der Waals surface area contributed by atoms with Crippen molar-refractivity contribution in [3.63, 3.8) is 0 Å². The van der Waals surface area contributed by atoms with E-state index in [1.54, 1.807) is 11.8 Å². The van der Waals surface area contributed by atoms with Crippen LogP contribution in [0.25, 0.3) is 0 Å². The van der Waals surface area contributed by atoms with Crippen LogP contribution in [0.4, 0.5) is 14.5 Å². The van der Waals surface area contributed by atoms with Crippen LogP contribution in [0.15, 0.2) is 30.6 Å². The Labute approximate surface area is 239 Å². The van der Waals surface area contributed by atoms with Gasteiger partial charge in [-0.1, -0.05) is 23.2 Å². The van der Waals surface area contributed by atoms with Crippen LogP contribution in [-0.4, -0.2) is 67.6 Å². The van der Waals surface area contributed by atoms with Crippen LogP contribution < -0.4 is 20.1 Å². The van der Waals surface area contributed by atoms with Crippen molar-refractivity contribution in [3.05, 3.63) is 46.2 Å². The van der Waals surface area contributed by atoms with Gasteiger partial charge in [-0.3, -0.25) is 14.6 Å². The van der Waals surface area contributed by atoms with Crippen LogP contribution in [0.2, 0.25) is 10.0 Å². The van der Waals surface area contributed by atoms with Crippen LogP contribution in [-0.2, 0) is 14.3 Å². The van der Waals surface area contributed by atoms with Crippen molar-refractivity contribution in [2.45, 2.75) is 37.5 Å². The number of ether oxygens (including phenoxy) is 3. The molecular weight excluding hydrogens is 579 g/mol. The van der Waals surface area contributed by atoms with Gasteiger partial charge in [-0.15, -0.1) is 11.8 Å². The minimum atomic E-state index is -3.05. The first-order valence-corrected chi connectivity index (χ1v) is 13.8. The lowest BCUT2D eigenvalue weighted by Crippen LogP contribution is -2.15. The Bertz CT molecular complexity index is 1080. The summed E-state index contributed by atoms with van der Waals surface area (Å²) in [5, 5.41) is 5.96. The molecule has 3 rings (SSSR count). The van der Waals surface area contributed by atoms with Gasteiger partial charge < -0.3 is 29.6 Å².